The minimum atomic E-state index is -0.670. The van der Waals surface area contributed by atoms with Crippen LogP contribution in [0.25, 0.3) is 0 Å². The van der Waals surface area contributed by atoms with Crippen LogP contribution in [-0.2, 0) is 14.4 Å². The second-order valence-corrected chi connectivity index (χ2v) is 5.12. The quantitative estimate of drug-likeness (QED) is 0.510. The van der Waals surface area contributed by atoms with E-state index in [2.05, 4.69) is 13.8 Å². The van der Waals surface area contributed by atoms with Crippen LogP contribution in [0.5, 0.6) is 0 Å². The number of rotatable bonds is 12. The van der Waals surface area contributed by atoms with Crippen LogP contribution < -0.4 is 0 Å². The fourth-order valence-electron chi connectivity index (χ4n) is 1.76. The third-order valence-electron chi connectivity index (χ3n) is 2.99. The molecule has 5 nitrogen and oxygen atoms in total. The molecular formula is C17H34O5. The lowest BCUT2D eigenvalue weighted by molar-refractivity contribution is -0.138. The Kier molecular flexibility index (Phi) is 28.6. The summed E-state index contributed by atoms with van der Waals surface area (Å²) in [7, 11) is 0. The summed E-state index contributed by atoms with van der Waals surface area (Å²) in [6, 6.07) is 0. The lowest BCUT2D eigenvalue weighted by atomic mass is 10.1. The van der Waals surface area contributed by atoms with Gasteiger partial charge >= 0.3 is 11.9 Å². The Morgan fingerprint density at radius 3 is 1.14 bits per heavy atom. The zero-order chi connectivity index (χ0) is 17.6. The molecule has 5 heteroatoms. The van der Waals surface area contributed by atoms with E-state index in [9.17, 15) is 9.59 Å². The van der Waals surface area contributed by atoms with Crippen LogP contribution in [0.3, 0.4) is 0 Å². The number of carboxylic acid groups (broad SMARTS) is 2. The molecule has 0 aliphatic carbocycles. The van der Waals surface area contributed by atoms with E-state index in [0.717, 1.165) is 25.7 Å². The Hall–Kier alpha value is -1.39. The molecule has 0 unspecified atom stereocenters. The zero-order valence-electron chi connectivity index (χ0n) is 14.3. The van der Waals surface area contributed by atoms with Crippen LogP contribution in [-0.4, -0.2) is 28.9 Å². The molecule has 0 radical (unpaired) electrons. The number of aliphatic carboxylic acids is 2. The summed E-state index contributed by atoms with van der Waals surface area (Å²) in [6.45, 7) is 6.30. The van der Waals surface area contributed by atoms with Gasteiger partial charge in [0.1, 0.15) is 6.79 Å². The van der Waals surface area contributed by atoms with Crippen LogP contribution in [0.15, 0.2) is 0 Å². The van der Waals surface area contributed by atoms with E-state index in [1.807, 2.05) is 6.79 Å². The Labute approximate surface area is 135 Å². The Bertz CT molecular complexity index is 217. The summed E-state index contributed by atoms with van der Waals surface area (Å²) in [4.78, 5) is 28.1. The topological polar surface area (TPSA) is 91.7 Å². The van der Waals surface area contributed by atoms with Crippen LogP contribution in [0, 0.1) is 0 Å². The van der Waals surface area contributed by atoms with Crippen molar-refractivity contribution < 1.29 is 24.6 Å². The van der Waals surface area contributed by atoms with Gasteiger partial charge in [0.05, 0.1) is 0 Å². The molecule has 0 bridgehead atoms. The maximum atomic E-state index is 10.0. The maximum absolute atomic E-state index is 10.0. The number of carbonyl (C=O) groups excluding carboxylic acids is 1. The van der Waals surface area contributed by atoms with Crippen LogP contribution >= 0.6 is 0 Å². The zero-order valence-corrected chi connectivity index (χ0v) is 14.3. The minimum Gasteiger partial charge on any atom is -0.481 e. The van der Waals surface area contributed by atoms with Crippen molar-refractivity contribution in [1.29, 1.82) is 0 Å². The number of unbranched alkanes of at least 4 members (excludes halogenated alkanes) is 8. The average molecular weight is 318 g/mol. The fraction of sp³-hybridized carbons (Fsp3) is 0.824. The highest BCUT2D eigenvalue weighted by Crippen LogP contribution is 2.04. The molecule has 0 aromatic carbocycles. The van der Waals surface area contributed by atoms with Gasteiger partial charge in [0, 0.05) is 12.8 Å². The number of carbonyl (C=O) groups is 3. The first-order valence-electron chi connectivity index (χ1n) is 8.27. The first-order chi connectivity index (χ1) is 10.5. The average Bonchev–Trinajstić information content (AvgIpc) is 2.49. The van der Waals surface area contributed by atoms with Gasteiger partial charge in [-0.1, -0.05) is 65.2 Å². The molecule has 132 valence electrons. The van der Waals surface area contributed by atoms with Gasteiger partial charge in [-0.15, -0.1) is 0 Å². The molecule has 0 spiro atoms. The normalized spacial score (nSPS) is 9.00. The van der Waals surface area contributed by atoms with Crippen molar-refractivity contribution in [2.24, 2.45) is 0 Å². The monoisotopic (exact) mass is 318 g/mol. The highest BCUT2D eigenvalue weighted by Gasteiger charge is 1.95. The molecule has 0 saturated carbocycles. The summed E-state index contributed by atoms with van der Waals surface area (Å²) >= 11 is 0. The third kappa shape index (κ3) is 36.3. The molecule has 0 rings (SSSR count). The molecule has 0 aromatic rings. The Morgan fingerprint density at radius 2 is 0.909 bits per heavy atom. The van der Waals surface area contributed by atoms with Crippen molar-refractivity contribution in [2.45, 2.75) is 90.9 Å². The number of hydrogen-bond donors (Lipinski definition) is 2. The lowest BCUT2D eigenvalue weighted by Crippen LogP contribution is -1.93. The van der Waals surface area contributed by atoms with Crippen molar-refractivity contribution in [3.63, 3.8) is 0 Å². The van der Waals surface area contributed by atoms with Gasteiger partial charge in [-0.25, -0.2) is 0 Å². The van der Waals surface area contributed by atoms with Crippen molar-refractivity contribution in [1.82, 2.24) is 0 Å². The molecule has 0 aromatic heterocycles. The van der Waals surface area contributed by atoms with Gasteiger partial charge < -0.3 is 15.0 Å². The molecule has 0 amide bonds. The Morgan fingerprint density at radius 1 is 0.636 bits per heavy atom. The highest BCUT2D eigenvalue weighted by molar-refractivity contribution is 5.66. The molecule has 0 aliphatic heterocycles. The second kappa shape index (κ2) is 24.6. The largest absolute Gasteiger partial charge is 0.481 e. The molecule has 0 fully saturated rings. The van der Waals surface area contributed by atoms with E-state index in [1.165, 1.54) is 38.5 Å². The van der Waals surface area contributed by atoms with Crippen LogP contribution in [0.4, 0.5) is 0 Å². The highest BCUT2D eigenvalue weighted by atomic mass is 16.4. The molecule has 0 heterocycles. The maximum Gasteiger partial charge on any atom is 0.303 e. The second-order valence-electron chi connectivity index (χ2n) is 5.12. The van der Waals surface area contributed by atoms with E-state index in [1.54, 1.807) is 0 Å². The summed E-state index contributed by atoms with van der Waals surface area (Å²) in [5.41, 5.74) is 0. The van der Waals surface area contributed by atoms with Crippen molar-refractivity contribution >= 4 is 18.7 Å². The standard InChI is InChI=1S/2C8H16O2.CH2O/c2*1-2-3-4-5-6-7-8(9)10;1-2/h2*2-7H2,1H3,(H,9,10);1H2. The molecular weight excluding hydrogens is 284 g/mol. The smallest absolute Gasteiger partial charge is 0.303 e. The fourth-order valence-corrected chi connectivity index (χ4v) is 1.76. The van der Waals surface area contributed by atoms with Gasteiger partial charge in [0.2, 0.25) is 0 Å². The number of carboxylic acids is 2. The van der Waals surface area contributed by atoms with Gasteiger partial charge in [-0.05, 0) is 12.8 Å². The molecule has 0 aliphatic rings. The van der Waals surface area contributed by atoms with E-state index < -0.39 is 11.9 Å². The molecule has 22 heavy (non-hydrogen) atoms. The van der Waals surface area contributed by atoms with Crippen molar-refractivity contribution in [2.75, 3.05) is 0 Å². The summed E-state index contributed by atoms with van der Waals surface area (Å²) in [6.07, 6.45) is 11.8. The molecule has 2 N–H and O–H groups in total. The van der Waals surface area contributed by atoms with Gasteiger partial charge in [-0.3, -0.25) is 9.59 Å². The van der Waals surface area contributed by atoms with Crippen molar-refractivity contribution in [3.05, 3.63) is 0 Å². The van der Waals surface area contributed by atoms with Crippen LogP contribution in [0.2, 0.25) is 0 Å². The summed E-state index contributed by atoms with van der Waals surface area (Å²) in [5.74, 6) is -1.34. The first-order valence-corrected chi connectivity index (χ1v) is 8.27. The van der Waals surface area contributed by atoms with Crippen LogP contribution in [0.1, 0.15) is 90.9 Å². The summed E-state index contributed by atoms with van der Waals surface area (Å²) < 4.78 is 0. The van der Waals surface area contributed by atoms with E-state index in [0.29, 0.717) is 12.8 Å². The van der Waals surface area contributed by atoms with E-state index in [-0.39, 0.29) is 0 Å². The third-order valence-corrected chi connectivity index (χ3v) is 2.99. The lowest BCUT2D eigenvalue weighted by Gasteiger charge is -1.95. The predicted octanol–water partition coefficient (Wildman–Crippen LogP) is 4.68. The Balaban J connectivity index is -0.000000294. The predicted molar refractivity (Wildman–Crippen MR) is 89.1 cm³/mol. The molecule has 0 saturated heterocycles. The van der Waals surface area contributed by atoms with Crippen molar-refractivity contribution in [3.8, 4) is 0 Å². The minimum absolute atomic E-state index is 0.337. The van der Waals surface area contributed by atoms with Gasteiger partial charge in [0.15, 0.2) is 0 Å². The van der Waals surface area contributed by atoms with E-state index >= 15 is 0 Å². The number of hydrogen-bond acceptors (Lipinski definition) is 3. The summed E-state index contributed by atoms with van der Waals surface area (Å²) in [5, 5.41) is 16.5. The van der Waals surface area contributed by atoms with E-state index in [4.69, 9.17) is 15.0 Å². The van der Waals surface area contributed by atoms with Gasteiger partial charge in [-0.2, -0.15) is 0 Å². The first kappa shape index (κ1) is 25.6. The SMILES string of the molecule is C=O.CCCCCCCC(=O)O.CCCCCCCC(=O)O. The van der Waals surface area contributed by atoms with Gasteiger partial charge in [0.25, 0.3) is 0 Å². The molecule has 0 atom stereocenters.